The zero-order valence-corrected chi connectivity index (χ0v) is 12.8. The Morgan fingerprint density at radius 2 is 2.15 bits per heavy atom. The molecule has 0 saturated heterocycles. The number of fused-ring (bicyclic) bond motifs is 1. The van der Waals surface area contributed by atoms with Crippen LogP contribution in [-0.4, -0.2) is 4.98 Å². The van der Waals surface area contributed by atoms with E-state index < -0.39 is 0 Å². The van der Waals surface area contributed by atoms with E-state index in [0.717, 1.165) is 12.8 Å². The number of nitrogens with two attached hydrogens (primary N) is 1. The molecule has 0 bridgehead atoms. The SMILES string of the molecule is CCc1cnc(C(C)NC2CC(N)c3ccccc32)s1. The molecular formula is C16H21N3S. The molecule has 20 heavy (non-hydrogen) atoms. The average molecular weight is 287 g/mol. The first-order valence-corrected chi connectivity index (χ1v) is 8.05. The van der Waals surface area contributed by atoms with Gasteiger partial charge in [-0.2, -0.15) is 0 Å². The quantitative estimate of drug-likeness (QED) is 0.905. The Morgan fingerprint density at radius 3 is 2.85 bits per heavy atom. The van der Waals surface area contributed by atoms with Gasteiger partial charge in [0, 0.05) is 23.2 Å². The van der Waals surface area contributed by atoms with Gasteiger partial charge in [-0.3, -0.25) is 0 Å². The van der Waals surface area contributed by atoms with Gasteiger partial charge in [0.25, 0.3) is 0 Å². The van der Waals surface area contributed by atoms with Crippen molar-refractivity contribution in [3.63, 3.8) is 0 Å². The first-order chi connectivity index (χ1) is 9.69. The minimum atomic E-state index is 0.151. The molecule has 106 valence electrons. The third kappa shape index (κ3) is 2.51. The Labute approximate surface area is 124 Å². The molecule has 0 aliphatic heterocycles. The number of hydrogen-bond acceptors (Lipinski definition) is 4. The van der Waals surface area contributed by atoms with Crippen LogP contribution in [0.2, 0.25) is 0 Å². The largest absolute Gasteiger partial charge is 0.324 e. The molecule has 1 heterocycles. The molecule has 0 amide bonds. The summed E-state index contributed by atoms with van der Waals surface area (Å²) in [6.45, 7) is 4.35. The van der Waals surface area contributed by atoms with Gasteiger partial charge in [-0.1, -0.05) is 31.2 Å². The maximum absolute atomic E-state index is 6.22. The van der Waals surface area contributed by atoms with E-state index in [2.05, 4.69) is 48.4 Å². The fraction of sp³-hybridized carbons (Fsp3) is 0.438. The van der Waals surface area contributed by atoms with Crippen molar-refractivity contribution in [3.8, 4) is 0 Å². The van der Waals surface area contributed by atoms with Crippen molar-refractivity contribution < 1.29 is 0 Å². The first kappa shape index (κ1) is 13.7. The second kappa shape index (κ2) is 5.64. The highest BCUT2D eigenvalue weighted by Crippen LogP contribution is 2.38. The molecule has 3 atom stereocenters. The number of nitrogens with one attached hydrogen (secondary N) is 1. The second-order valence-corrected chi connectivity index (χ2v) is 6.58. The summed E-state index contributed by atoms with van der Waals surface area (Å²) in [6, 6.07) is 9.25. The predicted octanol–water partition coefficient (Wildman–Crippen LogP) is 3.50. The summed E-state index contributed by atoms with van der Waals surface area (Å²) in [5.41, 5.74) is 8.85. The molecule has 1 aromatic heterocycles. The monoisotopic (exact) mass is 287 g/mol. The van der Waals surface area contributed by atoms with Crippen LogP contribution in [0.3, 0.4) is 0 Å². The first-order valence-electron chi connectivity index (χ1n) is 7.24. The van der Waals surface area contributed by atoms with Crippen LogP contribution >= 0.6 is 11.3 Å². The summed E-state index contributed by atoms with van der Waals surface area (Å²) in [7, 11) is 0. The third-order valence-electron chi connectivity index (χ3n) is 4.00. The van der Waals surface area contributed by atoms with Crippen LogP contribution in [0.25, 0.3) is 0 Å². The maximum atomic E-state index is 6.22. The molecule has 0 radical (unpaired) electrons. The van der Waals surface area contributed by atoms with Gasteiger partial charge < -0.3 is 11.1 Å². The number of rotatable bonds is 4. The Balaban J connectivity index is 1.75. The molecule has 3 N–H and O–H groups in total. The van der Waals surface area contributed by atoms with Gasteiger partial charge in [0.15, 0.2) is 0 Å². The van der Waals surface area contributed by atoms with E-state index in [1.54, 1.807) is 11.3 Å². The summed E-state index contributed by atoms with van der Waals surface area (Å²) in [4.78, 5) is 5.87. The molecule has 1 aromatic carbocycles. The van der Waals surface area contributed by atoms with Gasteiger partial charge in [-0.15, -0.1) is 11.3 Å². The zero-order chi connectivity index (χ0) is 14.1. The molecule has 0 spiro atoms. The summed E-state index contributed by atoms with van der Waals surface area (Å²) >= 11 is 1.80. The number of thiazole rings is 1. The lowest BCUT2D eigenvalue weighted by molar-refractivity contribution is 0.445. The van der Waals surface area contributed by atoms with Crippen molar-refractivity contribution in [1.82, 2.24) is 10.3 Å². The maximum Gasteiger partial charge on any atom is 0.109 e. The Bertz CT molecular complexity index is 593. The van der Waals surface area contributed by atoms with Crippen LogP contribution in [-0.2, 0) is 6.42 Å². The van der Waals surface area contributed by atoms with E-state index in [1.807, 2.05) is 6.20 Å². The number of aryl methyl sites for hydroxylation is 1. The minimum Gasteiger partial charge on any atom is -0.324 e. The molecule has 0 saturated carbocycles. The number of aromatic nitrogens is 1. The molecule has 1 aliphatic rings. The molecule has 3 nitrogen and oxygen atoms in total. The van der Waals surface area contributed by atoms with Crippen molar-refractivity contribution in [2.24, 2.45) is 5.73 Å². The Kier molecular flexibility index (Phi) is 3.87. The Morgan fingerprint density at radius 1 is 1.40 bits per heavy atom. The van der Waals surface area contributed by atoms with E-state index in [0.29, 0.717) is 6.04 Å². The normalized spacial score (nSPS) is 22.8. The van der Waals surface area contributed by atoms with Gasteiger partial charge in [-0.25, -0.2) is 4.98 Å². The summed E-state index contributed by atoms with van der Waals surface area (Å²) < 4.78 is 0. The number of benzene rings is 1. The lowest BCUT2D eigenvalue weighted by Crippen LogP contribution is -2.23. The minimum absolute atomic E-state index is 0.151. The summed E-state index contributed by atoms with van der Waals surface area (Å²) in [6.07, 6.45) is 4.02. The summed E-state index contributed by atoms with van der Waals surface area (Å²) in [5.74, 6) is 0. The van der Waals surface area contributed by atoms with E-state index in [-0.39, 0.29) is 12.1 Å². The highest BCUT2D eigenvalue weighted by Gasteiger charge is 2.29. The van der Waals surface area contributed by atoms with E-state index in [4.69, 9.17) is 5.73 Å². The average Bonchev–Trinajstić information content (AvgIpc) is 3.05. The van der Waals surface area contributed by atoms with Crippen LogP contribution in [0.1, 0.15) is 59.4 Å². The van der Waals surface area contributed by atoms with Crippen LogP contribution in [0, 0.1) is 0 Å². The van der Waals surface area contributed by atoms with Gasteiger partial charge >= 0.3 is 0 Å². The third-order valence-corrected chi connectivity index (χ3v) is 5.33. The molecule has 3 rings (SSSR count). The smallest absolute Gasteiger partial charge is 0.109 e. The molecule has 1 aliphatic carbocycles. The highest BCUT2D eigenvalue weighted by atomic mass is 32.1. The van der Waals surface area contributed by atoms with Gasteiger partial charge in [0.05, 0.1) is 6.04 Å². The van der Waals surface area contributed by atoms with Crippen LogP contribution in [0.15, 0.2) is 30.5 Å². The predicted molar refractivity (Wildman–Crippen MR) is 83.8 cm³/mol. The topological polar surface area (TPSA) is 50.9 Å². The molecule has 0 fully saturated rings. The van der Waals surface area contributed by atoms with E-state index in [1.165, 1.54) is 21.0 Å². The standard InChI is InChI=1S/C16H21N3S/c1-3-11-9-18-16(20-11)10(2)19-15-8-14(17)12-6-4-5-7-13(12)15/h4-7,9-10,14-15,19H,3,8,17H2,1-2H3. The van der Waals surface area contributed by atoms with Gasteiger partial charge in [0.1, 0.15) is 5.01 Å². The van der Waals surface area contributed by atoms with Crippen molar-refractivity contribution in [2.75, 3.05) is 0 Å². The molecular weight excluding hydrogens is 266 g/mol. The van der Waals surface area contributed by atoms with E-state index in [9.17, 15) is 0 Å². The zero-order valence-electron chi connectivity index (χ0n) is 12.0. The van der Waals surface area contributed by atoms with E-state index >= 15 is 0 Å². The fourth-order valence-corrected chi connectivity index (χ4v) is 3.76. The lowest BCUT2D eigenvalue weighted by atomic mass is 10.1. The number of nitrogens with zero attached hydrogens (tertiary/aromatic N) is 1. The van der Waals surface area contributed by atoms with Crippen molar-refractivity contribution in [3.05, 3.63) is 51.5 Å². The van der Waals surface area contributed by atoms with Crippen LogP contribution in [0.5, 0.6) is 0 Å². The van der Waals surface area contributed by atoms with Crippen LogP contribution < -0.4 is 11.1 Å². The Hall–Kier alpha value is -1.23. The molecule has 4 heteroatoms. The van der Waals surface area contributed by atoms with Gasteiger partial charge in [-0.05, 0) is 30.9 Å². The fourth-order valence-electron chi connectivity index (χ4n) is 2.89. The number of hydrogen-bond donors (Lipinski definition) is 2. The van der Waals surface area contributed by atoms with Crippen molar-refractivity contribution in [1.29, 1.82) is 0 Å². The summed E-state index contributed by atoms with van der Waals surface area (Å²) in [5, 5.41) is 4.85. The van der Waals surface area contributed by atoms with Crippen molar-refractivity contribution in [2.45, 2.75) is 44.8 Å². The lowest BCUT2D eigenvalue weighted by Gasteiger charge is -2.18. The molecule has 2 aromatic rings. The van der Waals surface area contributed by atoms with Crippen LogP contribution in [0.4, 0.5) is 0 Å². The second-order valence-electron chi connectivity index (χ2n) is 5.43. The highest BCUT2D eigenvalue weighted by molar-refractivity contribution is 7.11. The molecule has 3 unspecified atom stereocenters. The van der Waals surface area contributed by atoms with Gasteiger partial charge in [0.2, 0.25) is 0 Å². The van der Waals surface area contributed by atoms with Crippen molar-refractivity contribution >= 4 is 11.3 Å².